The summed E-state index contributed by atoms with van der Waals surface area (Å²) in [4.78, 5) is 1.54. The summed E-state index contributed by atoms with van der Waals surface area (Å²) in [5.74, 6) is 0.601. The van der Waals surface area contributed by atoms with E-state index < -0.39 is 36.6 Å². The topological polar surface area (TPSA) is 84.9 Å². The molecule has 0 aliphatic heterocycles. The van der Waals surface area contributed by atoms with Gasteiger partial charge in [0.25, 0.3) is 0 Å². The van der Waals surface area contributed by atoms with Crippen molar-refractivity contribution < 1.29 is 31.4 Å². The number of hydrogen-bond donors (Lipinski definition) is 1. The van der Waals surface area contributed by atoms with Crippen molar-refractivity contribution in [2.45, 2.75) is 32.0 Å². The molecule has 0 radical (unpaired) electrons. The third-order valence-electron chi connectivity index (χ3n) is 5.58. The first-order chi connectivity index (χ1) is 17.8. The number of hydrogen-bond acceptors (Lipinski definition) is 6. The molecule has 202 valence electrons. The SMILES string of the molecule is CN(C)c1c(-c2nnc(CO)n2Cc2ccccc2Cl)nnn1Cc1cc(C(F)(F)F)cc(C(F)(F)F)c1. The van der Waals surface area contributed by atoms with Crippen LogP contribution in [0, 0.1) is 0 Å². The molecule has 15 heteroatoms. The molecule has 0 atom stereocenters. The number of aromatic nitrogens is 6. The van der Waals surface area contributed by atoms with E-state index in [1.807, 2.05) is 0 Å². The highest BCUT2D eigenvalue weighted by Crippen LogP contribution is 2.37. The fourth-order valence-corrected chi connectivity index (χ4v) is 4.07. The molecule has 0 unspecified atom stereocenters. The Morgan fingerprint density at radius 3 is 2.08 bits per heavy atom. The standard InChI is InChI=1S/C23H20ClF6N7O/c1-35(2)21-19(20-33-31-18(12-38)36(20)11-14-5-3-4-6-17(14)24)32-34-37(21)10-13-7-15(22(25,26)27)9-16(8-13)23(28,29)30/h3-9,38H,10-12H2,1-2H3. The second kappa shape index (κ2) is 10.3. The molecule has 4 aromatic rings. The van der Waals surface area contributed by atoms with Gasteiger partial charge in [0, 0.05) is 19.1 Å². The van der Waals surface area contributed by atoms with Crippen molar-refractivity contribution in [3.8, 4) is 11.5 Å². The van der Waals surface area contributed by atoms with Crippen LogP contribution in [-0.2, 0) is 32.0 Å². The number of benzene rings is 2. The number of anilines is 1. The van der Waals surface area contributed by atoms with E-state index in [0.717, 1.165) is 4.68 Å². The lowest BCUT2D eigenvalue weighted by Gasteiger charge is -2.18. The van der Waals surface area contributed by atoms with Crippen molar-refractivity contribution in [1.29, 1.82) is 0 Å². The normalized spacial score (nSPS) is 12.3. The molecule has 2 aromatic heterocycles. The van der Waals surface area contributed by atoms with E-state index in [0.29, 0.717) is 22.7 Å². The second-order valence-corrected chi connectivity index (χ2v) is 8.91. The lowest BCUT2D eigenvalue weighted by Crippen LogP contribution is -2.18. The summed E-state index contributed by atoms with van der Waals surface area (Å²) >= 11 is 6.28. The van der Waals surface area contributed by atoms with Crippen LogP contribution in [0.25, 0.3) is 11.5 Å². The van der Waals surface area contributed by atoms with Gasteiger partial charge < -0.3 is 14.6 Å². The molecule has 0 bridgehead atoms. The fraction of sp³-hybridized carbons (Fsp3) is 0.304. The maximum Gasteiger partial charge on any atom is 0.416 e. The van der Waals surface area contributed by atoms with Crippen LogP contribution in [0.5, 0.6) is 0 Å². The number of aliphatic hydroxyl groups excluding tert-OH is 1. The zero-order valence-electron chi connectivity index (χ0n) is 19.9. The molecule has 0 aliphatic carbocycles. The Labute approximate surface area is 217 Å². The van der Waals surface area contributed by atoms with Gasteiger partial charge in [-0.15, -0.1) is 15.3 Å². The second-order valence-electron chi connectivity index (χ2n) is 8.50. The molecule has 8 nitrogen and oxygen atoms in total. The summed E-state index contributed by atoms with van der Waals surface area (Å²) in [6, 6.07) is 8.32. The molecule has 0 amide bonds. The predicted octanol–water partition coefficient (Wildman–Crippen LogP) is 4.88. The van der Waals surface area contributed by atoms with Gasteiger partial charge in [-0.05, 0) is 35.4 Å². The van der Waals surface area contributed by atoms with Crippen molar-refractivity contribution in [3.05, 3.63) is 75.6 Å². The van der Waals surface area contributed by atoms with Crippen LogP contribution in [0.15, 0.2) is 42.5 Å². The van der Waals surface area contributed by atoms with Gasteiger partial charge in [0.2, 0.25) is 0 Å². The van der Waals surface area contributed by atoms with Gasteiger partial charge in [0.15, 0.2) is 23.2 Å². The Kier molecular flexibility index (Phi) is 7.39. The van der Waals surface area contributed by atoms with Crippen LogP contribution in [0.2, 0.25) is 5.02 Å². The van der Waals surface area contributed by atoms with Crippen LogP contribution >= 0.6 is 11.6 Å². The van der Waals surface area contributed by atoms with Gasteiger partial charge in [-0.25, -0.2) is 4.68 Å². The Hall–Kier alpha value is -3.65. The van der Waals surface area contributed by atoms with E-state index in [2.05, 4.69) is 20.5 Å². The quantitative estimate of drug-likeness (QED) is 0.325. The van der Waals surface area contributed by atoms with Gasteiger partial charge in [-0.3, -0.25) is 0 Å². The van der Waals surface area contributed by atoms with Crippen molar-refractivity contribution in [3.63, 3.8) is 0 Å². The van der Waals surface area contributed by atoms with Gasteiger partial charge in [0.1, 0.15) is 6.61 Å². The third kappa shape index (κ3) is 5.60. The monoisotopic (exact) mass is 559 g/mol. The summed E-state index contributed by atoms with van der Waals surface area (Å²) in [6.07, 6.45) is -9.96. The number of alkyl halides is 6. The van der Waals surface area contributed by atoms with E-state index >= 15 is 0 Å². The molecule has 1 N–H and O–H groups in total. The minimum Gasteiger partial charge on any atom is -0.388 e. The van der Waals surface area contributed by atoms with Gasteiger partial charge in [-0.2, -0.15) is 26.3 Å². The van der Waals surface area contributed by atoms with Crippen LogP contribution in [0.4, 0.5) is 32.2 Å². The number of nitrogens with zero attached hydrogens (tertiary/aromatic N) is 7. The van der Waals surface area contributed by atoms with E-state index in [1.165, 1.54) is 0 Å². The zero-order chi connectivity index (χ0) is 27.8. The van der Waals surface area contributed by atoms with Crippen molar-refractivity contribution in [1.82, 2.24) is 29.8 Å². The number of rotatable bonds is 7. The average molecular weight is 560 g/mol. The summed E-state index contributed by atoms with van der Waals surface area (Å²) in [6.45, 7) is -0.757. The van der Waals surface area contributed by atoms with E-state index in [4.69, 9.17) is 11.6 Å². The lowest BCUT2D eigenvalue weighted by atomic mass is 10.0. The Morgan fingerprint density at radius 1 is 0.895 bits per heavy atom. The highest BCUT2D eigenvalue weighted by Gasteiger charge is 2.37. The highest BCUT2D eigenvalue weighted by molar-refractivity contribution is 6.31. The van der Waals surface area contributed by atoms with Crippen LogP contribution in [0.1, 0.15) is 28.1 Å². The molecule has 0 fully saturated rings. The molecule has 2 aromatic carbocycles. The van der Waals surface area contributed by atoms with E-state index in [1.54, 1.807) is 47.8 Å². The van der Waals surface area contributed by atoms with Gasteiger partial charge in [-0.1, -0.05) is 35.0 Å². The fourth-order valence-electron chi connectivity index (χ4n) is 3.88. The van der Waals surface area contributed by atoms with Crippen LogP contribution in [-0.4, -0.2) is 49.0 Å². The predicted molar refractivity (Wildman–Crippen MR) is 125 cm³/mol. The largest absolute Gasteiger partial charge is 0.416 e. The average Bonchev–Trinajstić information content (AvgIpc) is 3.42. The minimum absolute atomic E-state index is 0.0662. The molecule has 4 rings (SSSR count). The van der Waals surface area contributed by atoms with E-state index in [9.17, 15) is 31.4 Å². The highest BCUT2D eigenvalue weighted by atomic mass is 35.5. The molecule has 38 heavy (non-hydrogen) atoms. The van der Waals surface area contributed by atoms with Crippen molar-refractivity contribution in [2.24, 2.45) is 0 Å². The summed E-state index contributed by atoms with van der Waals surface area (Å²) in [5.41, 5.74) is -2.30. The first-order valence-corrected chi connectivity index (χ1v) is 11.3. The Balaban J connectivity index is 1.79. The molecule has 0 saturated heterocycles. The molecule has 2 heterocycles. The molecule has 0 saturated carbocycles. The van der Waals surface area contributed by atoms with Gasteiger partial charge >= 0.3 is 12.4 Å². The van der Waals surface area contributed by atoms with Crippen molar-refractivity contribution in [2.75, 3.05) is 19.0 Å². The number of aliphatic hydroxyl groups is 1. The lowest BCUT2D eigenvalue weighted by molar-refractivity contribution is -0.143. The van der Waals surface area contributed by atoms with Crippen molar-refractivity contribution >= 4 is 17.4 Å². The van der Waals surface area contributed by atoms with E-state index in [-0.39, 0.29) is 41.3 Å². The molecule has 0 spiro atoms. The third-order valence-corrected chi connectivity index (χ3v) is 5.95. The maximum atomic E-state index is 13.3. The molecular weight excluding hydrogens is 540 g/mol. The maximum absolute atomic E-state index is 13.3. The van der Waals surface area contributed by atoms with Crippen LogP contribution in [0.3, 0.4) is 0 Å². The number of halogens is 7. The first-order valence-electron chi connectivity index (χ1n) is 11.0. The summed E-state index contributed by atoms with van der Waals surface area (Å²) in [5, 5.41) is 26.4. The Bertz CT molecular complexity index is 1410. The minimum atomic E-state index is -4.98. The molecule has 0 aliphatic rings. The summed E-state index contributed by atoms with van der Waals surface area (Å²) in [7, 11) is 3.21. The smallest absolute Gasteiger partial charge is 0.388 e. The van der Waals surface area contributed by atoms with Crippen LogP contribution < -0.4 is 4.90 Å². The Morgan fingerprint density at radius 2 is 1.53 bits per heavy atom. The molecular formula is C23H20ClF6N7O. The zero-order valence-corrected chi connectivity index (χ0v) is 20.6. The first kappa shape index (κ1) is 27.4. The van der Waals surface area contributed by atoms with Gasteiger partial charge in [0.05, 0.1) is 24.2 Å². The summed E-state index contributed by atoms with van der Waals surface area (Å²) < 4.78 is 82.7.